The molecular weight excluding hydrogens is 314 g/mol. The number of rotatable bonds is 2. The van der Waals surface area contributed by atoms with E-state index >= 15 is 0 Å². The van der Waals surface area contributed by atoms with Crippen molar-refractivity contribution >= 4 is 29.0 Å². The number of hydrogen-bond donors (Lipinski definition) is 1. The van der Waals surface area contributed by atoms with Crippen LogP contribution in [-0.2, 0) is 0 Å². The van der Waals surface area contributed by atoms with Crippen LogP contribution in [0.5, 0.6) is 0 Å². The number of benzene rings is 2. The second-order valence-electron chi connectivity index (χ2n) is 4.38. The summed E-state index contributed by atoms with van der Waals surface area (Å²) in [5, 5.41) is 4.53. The summed E-state index contributed by atoms with van der Waals surface area (Å²) >= 11 is 12.0. The SMILES string of the molecule is Nc1noc(-c2ccc(Cl)cc2)c1-c1c(F)cccc1Cl. The van der Waals surface area contributed by atoms with Crippen molar-refractivity contribution < 1.29 is 8.91 Å². The Kier molecular flexibility index (Phi) is 3.57. The van der Waals surface area contributed by atoms with E-state index in [1.807, 2.05) is 0 Å². The maximum absolute atomic E-state index is 14.1. The van der Waals surface area contributed by atoms with Crippen molar-refractivity contribution in [3.8, 4) is 22.5 Å². The summed E-state index contributed by atoms with van der Waals surface area (Å²) in [5.41, 5.74) is 7.00. The minimum atomic E-state index is -0.493. The molecule has 6 heteroatoms. The van der Waals surface area contributed by atoms with Crippen molar-refractivity contribution in [2.24, 2.45) is 0 Å². The Balaban J connectivity index is 2.25. The molecule has 3 aromatic rings. The van der Waals surface area contributed by atoms with Crippen LogP contribution < -0.4 is 5.73 Å². The molecule has 106 valence electrons. The van der Waals surface area contributed by atoms with Crippen LogP contribution in [-0.4, -0.2) is 5.16 Å². The van der Waals surface area contributed by atoms with Gasteiger partial charge in [-0.15, -0.1) is 0 Å². The average molecular weight is 323 g/mol. The quantitative estimate of drug-likeness (QED) is 0.719. The van der Waals surface area contributed by atoms with Crippen molar-refractivity contribution in [3.05, 3.63) is 58.3 Å². The van der Waals surface area contributed by atoms with Crippen LogP contribution in [0.15, 0.2) is 47.0 Å². The zero-order chi connectivity index (χ0) is 15.0. The Morgan fingerprint density at radius 3 is 2.38 bits per heavy atom. The zero-order valence-electron chi connectivity index (χ0n) is 10.6. The highest BCUT2D eigenvalue weighted by Gasteiger charge is 2.22. The molecule has 0 saturated heterocycles. The largest absolute Gasteiger partial charge is 0.380 e. The van der Waals surface area contributed by atoms with Gasteiger partial charge in [0.05, 0.1) is 10.6 Å². The molecule has 2 aromatic carbocycles. The molecule has 0 bridgehead atoms. The van der Waals surface area contributed by atoms with Gasteiger partial charge >= 0.3 is 0 Å². The zero-order valence-corrected chi connectivity index (χ0v) is 12.1. The molecule has 3 nitrogen and oxygen atoms in total. The first-order valence-corrected chi connectivity index (χ1v) is 6.79. The molecule has 1 aromatic heterocycles. The van der Waals surface area contributed by atoms with Gasteiger partial charge in [-0.2, -0.15) is 0 Å². The van der Waals surface area contributed by atoms with Crippen LogP contribution in [0, 0.1) is 5.82 Å². The topological polar surface area (TPSA) is 52.0 Å². The fourth-order valence-electron chi connectivity index (χ4n) is 2.08. The van der Waals surface area contributed by atoms with E-state index in [2.05, 4.69) is 5.16 Å². The standard InChI is InChI=1S/C15H9Cl2FN2O/c16-9-6-4-8(5-7-9)14-13(15(19)20-21-14)12-10(17)2-1-3-11(12)18/h1-7H,(H2,19,20). The number of aromatic nitrogens is 1. The summed E-state index contributed by atoms with van der Waals surface area (Å²) in [7, 11) is 0. The van der Waals surface area contributed by atoms with Gasteiger partial charge in [-0.1, -0.05) is 34.4 Å². The highest BCUT2D eigenvalue weighted by atomic mass is 35.5. The van der Waals surface area contributed by atoms with Crippen molar-refractivity contribution in [1.29, 1.82) is 0 Å². The van der Waals surface area contributed by atoms with E-state index < -0.39 is 5.82 Å². The molecule has 0 aliphatic heterocycles. The van der Waals surface area contributed by atoms with Gasteiger partial charge in [0.1, 0.15) is 5.82 Å². The highest BCUT2D eigenvalue weighted by Crippen LogP contribution is 2.41. The van der Waals surface area contributed by atoms with E-state index in [0.29, 0.717) is 21.9 Å². The summed E-state index contributed by atoms with van der Waals surface area (Å²) in [4.78, 5) is 0. The van der Waals surface area contributed by atoms with Crippen molar-refractivity contribution in [2.45, 2.75) is 0 Å². The van der Waals surface area contributed by atoms with Gasteiger partial charge in [-0.3, -0.25) is 0 Å². The Morgan fingerprint density at radius 1 is 1.00 bits per heavy atom. The van der Waals surface area contributed by atoms with Crippen LogP contribution in [0.4, 0.5) is 10.2 Å². The fourth-order valence-corrected chi connectivity index (χ4v) is 2.46. The molecular formula is C15H9Cl2FN2O. The minimum absolute atomic E-state index is 0.0759. The number of anilines is 1. The maximum atomic E-state index is 14.1. The molecule has 0 atom stereocenters. The van der Waals surface area contributed by atoms with Crippen molar-refractivity contribution in [1.82, 2.24) is 5.16 Å². The number of hydrogen-bond acceptors (Lipinski definition) is 3. The van der Waals surface area contributed by atoms with E-state index in [0.717, 1.165) is 0 Å². The number of nitrogens with zero attached hydrogens (tertiary/aromatic N) is 1. The van der Waals surface area contributed by atoms with Crippen molar-refractivity contribution in [3.63, 3.8) is 0 Å². The molecule has 0 radical (unpaired) electrons. The molecule has 0 fully saturated rings. The van der Waals surface area contributed by atoms with Crippen LogP contribution in [0.25, 0.3) is 22.5 Å². The molecule has 1 heterocycles. The van der Waals surface area contributed by atoms with Gasteiger partial charge in [0, 0.05) is 16.1 Å². The maximum Gasteiger partial charge on any atom is 0.177 e. The Morgan fingerprint density at radius 2 is 1.71 bits per heavy atom. The third-order valence-electron chi connectivity index (χ3n) is 3.04. The Bertz CT molecular complexity index is 780. The molecule has 0 spiro atoms. The van der Waals surface area contributed by atoms with Crippen molar-refractivity contribution in [2.75, 3.05) is 5.73 Å². The van der Waals surface area contributed by atoms with E-state index in [4.69, 9.17) is 33.5 Å². The predicted octanol–water partition coefficient (Wildman–Crippen LogP) is 5.04. The van der Waals surface area contributed by atoms with Gasteiger partial charge in [-0.05, 0) is 36.4 Å². The monoisotopic (exact) mass is 322 g/mol. The average Bonchev–Trinajstić information content (AvgIpc) is 2.82. The van der Waals surface area contributed by atoms with Gasteiger partial charge in [0.25, 0.3) is 0 Å². The second kappa shape index (κ2) is 5.39. The first-order chi connectivity index (χ1) is 10.1. The van der Waals surface area contributed by atoms with Crippen LogP contribution in [0.1, 0.15) is 0 Å². The van der Waals surface area contributed by atoms with E-state index in [1.54, 1.807) is 30.3 Å². The third kappa shape index (κ3) is 2.48. The molecule has 0 aliphatic carbocycles. The highest BCUT2D eigenvalue weighted by molar-refractivity contribution is 6.33. The minimum Gasteiger partial charge on any atom is -0.380 e. The molecule has 0 saturated carbocycles. The molecule has 3 rings (SSSR count). The number of halogens is 3. The van der Waals surface area contributed by atoms with Gasteiger partial charge in [-0.25, -0.2) is 4.39 Å². The summed E-state index contributed by atoms with van der Waals surface area (Å²) in [6.07, 6.45) is 0. The predicted molar refractivity (Wildman–Crippen MR) is 81.8 cm³/mol. The summed E-state index contributed by atoms with van der Waals surface area (Å²) in [6, 6.07) is 11.3. The van der Waals surface area contributed by atoms with Gasteiger partial charge in [0.2, 0.25) is 0 Å². The Hall–Kier alpha value is -2.04. The van der Waals surface area contributed by atoms with Crippen LogP contribution in [0.3, 0.4) is 0 Å². The molecule has 21 heavy (non-hydrogen) atoms. The van der Waals surface area contributed by atoms with E-state index in [1.165, 1.54) is 12.1 Å². The first-order valence-electron chi connectivity index (χ1n) is 6.03. The molecule has 2 N–H and O–H groups in total. The normalized spacial score (nSPS) is 10.8. The second-order valence-corrected chi connectivity index (χ2v) is 5.22. The fraction of sp³-hybridized carbons (Fsp3) is 0. The summed E-state index contributed by atoms with van der Waals surface area (Å²) < 4.78 is 19.4. The van der Waals surface area contributed by atoms with E-state index in [-0.39, 0.29) is 16.4 Å². The third-order valence-corrected chi connectivity index (χ3v) is 3.60. The lowest BCUT2D eigenvalue weighted by atomic mass is 10.0. The van der Waals surface area contributed by atoms with Gasteiger partial charge < -0.3 is 10.3 Å². The number of nitrogens with two attached hydrogens (primary N) is 1. The molecule has 0 aliphatic rings. The Labute approximate surface area is 130 Å². The van der Waals surface area contributed by atoms with E-state index in [9.17, 15) is 4.39 Å². The van der Waals surface area contributed by atoms with Crippen LogP contribution in [0.2, 0.25) is 10.0 Å². The lowest BCUT2D eigenvalue weighted by Gasteiger charge is -2.06. The smallest absolute Gasteiger partial charge is 0.177 e. The summed E-state index contributed by atoms with van der Waals surface area (Å²) in [5.74, 6) is -0.0734. The van der Waals surface area contributed by atoms with Crippen LogP contribution >= 0.6 is 23.2 Å². The molecule has 0 amide bonds. The molecule has 0 unspecified atom stereocenters. The lowest BCUT2D eigenvalue weighted by Crippen LogP contribution is -1.92. The first kappa shape index (κ1) is 13.9. The lowest BCUT2D eigenvalue weighted by molar-refractivity contribution is 0.436. The number of nitrogen functional groups attached to an aromatic ring is 1. The van der Waals surface area contributed by atoms with Gasteiger partial charge in [0.15, 0.2) is 11.6 Å². The summed E-state index contributed by atoms with van der Waals surface area (Å²) in [6.45, 7) is 0.